The van der Waals surface area contributed by atoms with E-state index in [-0.39, 0.29) is 0 Å². The van der Waals surface area contributed by atoms with Gasteiger partial charge in [-0.2, -0.15) is 0 Å². The van der Waals surface area contributed by atoms with Gasteiger partial charge in [-0.15, -0.1) is 0 Å². The molecule has 1 N–H and O–H groups in total. The fourth-order valence-corrected chi connectivity index (χ4v) is 1.66. The number of nitrogens with one attached hydrogen (secondary N) is 1. The quantitative estimate of drug-likeness (QED) is 0.848. The van der Waals surface area contributed by atoms with Gasteiger partial charge in [0.2, 0.25) is 0 Å². The van der Waals surface area contributed by atoms with E-state index >= 15 is 0 Å². The van der Waals surface area contributed by atoms with Gasteiger partial charge in [-0.25, -0.2) is 0 Å². The molecule has 1 atom stereocenters. The number of nitrogens with zero attached hydrogens (tertiary/aromatic N) is 2. The third kappa shape index (κ3) is 3.05. The first-order valence-electron chi connectivity index (χ1n) is 5.40. The average molecular weight is 213 g/mol. The Morgan fingerprint density at radius 3 is 2.62 bits per heavy atom. The summed E-state index contributed by atoms with van der Waals surface area (Å²) in [6, 6.07) is 8.42. The molecule has 0 saturated carbocycles. The second-order valence-electron chi connectivity index (χ2n) is 3.85. The van der Waals surface area contributed by atoms with E-state index in [1.54, 1.807) is 6.20 Å². The Balaban J connectivity index is 1.92. The van der Waals surface area contributed by atoms with Crippen molar-refractivity contribution in [2.75, 3.05) is 5.32 Å². The maximum absolute atomic E-state index is 4.07. The molecule has 0 aliphatic rings. The summed E-state index contributed by atoms with van der Waals surface area (Å²) >= 11 is 0. The van der Waals surface area contributed by atoms with Crippen LogP contribution in [0.5, 0.6) is 0 Å². The van der Waals surface area contributed by atoms with Crippen molar-refractivity contribution < 1.29 is 0 Å². The number of aromatic nitrogens is 2. The zero-order chi connectivity index (χ0) is 11.2. The molecule has 2 aromatic rings. The van der Waals surface area contributed by atoms with E-state index < -0.39 is 0 Å². The molecule has 2 aromatic heterocycles. The monoisotopic (exact) mass is 213 g/mol. The molecule has 0 radical (unpaired) electrons. The van der Waals surface area contributed by atoms with Crippen LogP contribution in [-0.2, 0) is 6.42 Å². The molecule has 3 heteroatoms. The second kappa shape index (κ2) is 5.26. The van der Waals surface area contributed by atoms with Crippen LogP contribution in [0, 0.1) is 0 Å². The van der Waals surface area contributed by atoms with E-state index in [1.807, 2.05) is 42.9 Å². The van der Waals surface area contributed by atoms with Crippen LogP contribution in [0.2, 0.25) is 0 Å². The van der Waals surface area contributed by atoms with Crippen molar-refractivity contribution >= 4 is 5.69 Å². The highest BCUT2D eigenvalue weighted by molar-refractivity contribution is 5.40. The molecule has 0 aliphatic heterocycles. The summed E-state index contributed by atoms with van der Waals surface area (Å²) in [5, 5.41) is 3.41. The highest BCUT2D eigenvalue weighted by Gasteiger charge is 2.02. The molecule has 0 bridgehead atoms. The van der Waals surface area contributed by atoms with Crippen molar-refractivity contribution in [1.82, 2.24) is 9.97 Å². The third-order valence-corrected chi connectivity index (χ3v) is 2.37. The van der Waals surface area contributed by atoms with E-state index in [1.165, 1.54) is 5.56 Å². The smallest absolute Gasteiger partial charge is 0.0528 e. The zero-order valence-corrected chi connectivity index (χ0v) is 9.30. The number of hydrogen-bond acceptors (Lipinski definition) is 3. The van der Waals surface area contributed by atoms with Gasteiger partial charge in [0, 0.05) is 30.8 Å². The van der Waals surface area contributed by atoms with Gasteiger partial charge in [0.1, 0.15) is 0 Å². The molecule has 0 spiro atoms. The summed E-state index contributed by atoms with van der Waals surface area (Å²) in [6.07, 6.45) is 8.25. The molecule has 0 amide bonds. The topological polar surface area (TPSA) is 37.8 Å². The second-order valence-corrected chi connectivity index (χ2v) is 3.85. The Hall–Kier alpha value is -1.90. The van der Waals surface area contributed by atoms with Gasteiger partial charge in [-0.1, -0.05) is 0 Å². The Labute approximate surface area is 95.6 Å². The molecular formula is C13H15N3. The van der Waals surface area contributed by atoms with E-state index in [0.717, 1.165) is 12.1 Å². The molecule has 0 aromatic carbocycles. The molecule has 0 aliphatic carbocycles. The Kier molecular flexibility index (Phi) is 3.49. The van der Waals surface area contributed by atoms with Crippen LogP contribution in [0.4, 0.5) is 5.69 Å². The molecule has 1 unspecified atom stereocenters. The fraction of sp³-hybridized carbons (Fsp3) is 0.231. The highest BCUT2D eigenvalue weighted by Crippen LogP contribution is 2.08. The number of rotatable bonds is 4. The van der Waals surface area contributed by atoms with Crippen molar-refractivity contribution in [3.63, 3.8) is 0 Å². The lowest BCUT2D eigenvalue weighted by atomic mass is 10.1. The first-order chi connectivity index (χ1) is 7.84. The molecule has 0 fully saturated rings. The minimum atomic E-state index is 0.381. The average Bonchev–Trinajstić information content (AvgIpc) is 2.31. The number of pyridine rings is 2. The van der Waals surface area contributed by atoms with Gasteiger partial charge in [0.15, 0.2) is 0 Å². The Morgan fingerprint density at radius 2 is 1.94 bits per heavy atom. The number of anilines is 1. The molecule has 2 rings (SSSR count). The van der Waals surface area contributed by atoms with Crippen LogP contribution in [0.15, 0.2) is 49.1 Å². The summed E-state index contributed by atoms with van der Waals surface area (Å²) in [4.78, 5) is 8.08. The fourth-order valence-electron chi connectivity index (χ4n) is 1.66. The maximum Gasteiger partial charge on any atom is 0.0528 e. The van der Waals surface area contributed by atoms with Crippen molar-refractivity contribution in [2.45, 2.75) is 19.4 Å². The first kappa shape index (κ1) is 10.6. The Morgan fingerprint density at radius 1 is 1.12 bits per heavy atom. The van der Waals surface area contributed by atoms with E-state index in [0.29, 0.717) is 6.04 Å². The largest absolute Gasteiger partial charge is 0.381 e. The molecule has 82 valence electrons. The summed E-state index contributed by atoms with van der Waals surface area (Å²) in [7, 11) is 0. The van der Waals surface area contributed by atoms with Gasteiger partial charge >= 0.3 is 0 Å². The number of hydrogen-bond donors (Lipinski definition) is 1. The maximum atomic E-state index is 4.07. The lowest BCUT2D eigenvalue weighted by Crippen LogP contribution is -2.18. The van der Waals surface area contributed by atoms with E-state index in [2.05, 4.69) is 22.2 Å². The molecule has 2 heterocycles. The first-order valence-corrected chi connectivity index (χ1v) is 5.40. The van der Waals surface area contributed by atoms with Crippen molar-refractivity contribution in [3.8, 4) is 0 Å². The predicted octanol–water partition coefficient (Wildman–Crippen LogP) is 2.52. The van der Waals surface area contributed by atoms with Crippen molar-refractivity contribution in [1.29, 1.82) is 0 Å². The van der Waals surface area contributed by atoms with Crippen LogP contribution < -0.4 is 5.32 Å². The van der Waals surface area contributed by atoms with Gasteiger partial charge in [-0.05, 0) is 43.2 Å². The van der Waals surface area contributed by atoms with E-state index in [4.69, 9.17) is 0 Å². The minimum Gasteiger partial charge on any atom is -0.381 e. The van der Waals surface area contributed by atoms with Crippen molar-refractivity contribution in [3.05, 3.63) is 54.6 Å². The van der Waals surface area contributed by atoms with Crippen LogP contribution >= 0.6 is 0 Å². The summed E-state index contributed by atoms with van der Waals surface area (Å²) in [6.45, 7) is 2.16. The summed E-state index contributed by atoms with van der Waals surface area (Å²) in [5.74, 6) is 0. The summed E-state index contributed by atoms with van der Waals surface area (Å²) < 4.78 is 0. The standard InChI is InChI=1S/C13H15N3/c1-11(9-12-4-7-14-8-5-12)16-13-3-2-6-15-10-13/h2-8,10-11,16H,9H2,1H3. The molecule has 0 saturated heterocycles. The lowest BCUT2D eigenvalue weighted by molar-refractivity contribution is 0.788. The molecule has 3 nitrogen and oxygen atoms in total. The van der Waals surface area contributed by atoms with Gasteiger partial charge < -0.3 is 5.32 Å². The van der Waals surface area contributed by atoms with Crippen molar-refractivity contribution in [2.24, 2.45) is 0 Å². The summed E-state index contributed by atoms with van der Waals surface area (Å²) in [5.41, 5.74) is 2.35. The molecule has 16 heavy (non-hydrogen) atoms. The normalized spacial score (nSPS) is 12.1. The van der Waals surface area contributed by atoms with Gasteiger partial charge in [0.25, 0.3) is 0 Å². The minimum absolute atomic E-state index is 0.381. The highest BCUT2D eigenvalue weighted by atomic mass is 14.9. The van der Waals surface area contributed by atoms with Crippen LogP contribution in [0.1, 0.15) is 12.5 Å². The predicted molar refractivity (Wildman–Crippen MR) is 65.3 cm³/mol. The van der Waals surface area contributed by atoms with Crippen LogP contribution in [0.25, 0.3) is 0 Å². The Bertz CT molecular complexity index is 372. The van der Waals surface area contributed by atoms with Gasteiger partial charge in [-0.3, -0.25) is 9.97 Å². The SMILES string of the molecule is CC(Cc1ccncc1)Nc1cccnc1. The third-order valence-electron chi connectivity index (χ3n) is 2.37. The van der Waals surface area contributed by atoms with Gasteiger partial charge in [0.05, 0.1) is 5.69 Å². The van der Waals surface area contributed by atoms with E-state index in [9.17, 15) is 0 Å². The zero-order valence-electron chi connectivity index (χ0n) is 9.30. The van der Waals surface area contributed by atoms with Crippen LogP contribution in [-0.4, -0.2) is 16.0 Å². The lowest BCUT2D eigenvalue weighted by Gasteiger charge is -2.14. The molecular weight excluding hydrogens is 198 g/mol. The van der Waals surface area contributed by atoms with Crippen LogP contribution in [0.3, 0.4) is 0 Å².